The van der Waals surface area contributed by atoms with Crippen LogP contribution in [-0.4, -0.2) is 6.03 Å². The Morgan fingerprint density at radius 3 is 2.33 bits per heavy atom. The molecular formula is C14H12ClN2O. The number of rotatable bonds is 2. The summed E-state index contributed by atoms with van der Waals surface area (Å²) in [6.07, 6.45) is 0. The van der Waals surface area contributed by atoms with Gasteiger partial charge in [-0.2, -0.15) is 0 Å². The molecule has 2 rings (SSSR count). The van der Waals surface area contributed by atoms with Crippen LogP contribution < -0.4 is 10.6 Å². The lowest BCUT2D eigenvalue weighted by molar-refractivity contribution is 0.262. The first-order chi connectivity index (χ1) is 8.63. The molecule has 0 aliphatic carbocycles. The number of amides is 2. The Labute approximate surface area is 111 Å². The van der Waals surface area contributed by atoms with Gasteiger partial charge < -0.3 is 10.6 Å². The van der Waals surface area contributed by atoms with E-state index in [1.807, 2.05) is 12.1 Å². The highest BCUT2D eigenvalue weighted by Gasteiger charge is 2.02. The molecule has 1 radical (unpaired) electrons. The molecule has 0 aliphatic rings. The van der Waals surface area contributed by atoms with Crippen molar-refractivity contribution in [2.45, 2.75) is 0 Å². The average molecular weight is 260 g/mol. The van der Waals surface area contributed by atoms with Gasteiger partial charge in [0.25, 0.3) is 0 Å². The van der Waals surface area contributed by atoms with E-state index >= 15 is 0 Å². The van der Waals surface area contributed by atoms with Crippen LogP contribution in [0.2, 0.25) is 5.02 Å². The summed E-state index contributed by atoms with van der Waals surface area (Å²) < 4.78 is 0. The smallest absolute Gasteiger partial charge is 0.308 e. The molecule has 0 aromatic heterocycles. The summed E-state index contributed by atoms with van der Waals surface area (Å²) in [4.78, 5) is 11.7. The third-order valence-electron chi connectivity index (χ3n) is 2.29. The van der Waals surface area contributed by atoms with Crippen molar-refractivity contribution in [2.24, 2.45) is 0 Å². The monoisotopic (exact) mass is 259 g/mol. The maximum atomic E-state index is 11.7. The number of nitrogens with one attached hydrogen (secondary N) is 2. The van der Waals surface area contributed by atoms with Crippen LogP contribution in [0.4, 0.5) is 16.2 Å². The Hall–Kier alpha value is -2.00. The van der Waals surface area contributed by atoms with Gasteiger partial charge in [-0.25, -0.2) is 4.79 Å². The fourth-order valence-corrected chi connectivity index (χ4v) is 1.64. The highest BCUT2D eigenvalue weighted by Crippen LogP contribution is 2.15. The first kappa shape index (κ1) is 12.5. The molecular weight excluding hydrogens is 248 g/mol. The molecule has 0 spiro atoms. The first-order valence-corrected chi connectivity index (χ1v) is 5.77. The van der Waals surface area contributed by atoms with Gasteiger partial charge >= 0.3 is 6.03 Å². The minimum atomic E-state index is -0.311. The Morgan fingerprint density at radius 2 is 1.67 bits per heavy atom. The summed E-state index contributed by atoms with van der Waals surface area (Å²) in [5.74, 6) is 0. The Kier molecular flexibility index (Phi) is 3.85. The van der Waals surface area contributed by atoms with Gasteiger partial charge in [0.1, 0.15) is 0 Å². The van der Waals surface area contributed by atoms with Crippen molar-refractivity contribution in [3.05, 3.63) is 66.0 Å². The molecule has 2 aromatic rings. The van der Waals surface area contributed by atoms with Crippen molar-refractivity contribution in [3.63, 3.8) is 0 Å². The van der Waals surface area contributed by atoms with Crippen LogP contribution in [0.15, 0.2) is 48.5 Å². The van der Waals surface area contributed by atoms with Crippen molar-refractivity contribution in [1.29, 1.82) is 0 Å². The van der Waals surface area contributed by atoms with Crippen molar-refractivity contribution >= 4 is 29.0 Å². The Bertz CT molecular complexity index is 552. The summed E-state index contributed by atoms with van der Waals surface area (Å²) in [5.41, 5.74) is 2.26. The third kappa shape index (κ3) is 3.50. The molecule has 4 heteroatoms. The number of carbonyl (C=O) groups is 1. The molecule has 0 bridgehead atoms. The number of hydrogen-bond acceptors (Lipinski definition) is 1. The molecule has 0 heterocycles. The van der Waals surface area contributed by atoms with Gasteiger partial charge in [-0.05, 0) is 42.8 Å². The third-order valence-corrected chi connectivity index (χ3v) is 2.53. The highest BCUT2D eigenvalue weighted by molar-refractivity contribution is 6.30. The van der Waals surface area contributed by atoms with E-state index in [9.17, 15) is 4.79 Å². The van der Waals surface area contributed by atoms with E-state index in [2.05, 4.69) is 17.6 Å². The molecule has 91 valence electrons. The van der Waals surface area contributed by atoms with Gasteiger partial charge in [0.05, 0.1) is 0 Å². The normalized spacial score (nSPS) is 9.89. The van der Waals surface area contributed by atoms with Crippen LogP contribution in [0.3, 0.4) is 0 Å². The lowest BCUT2D eigenvalue weighted by Crippen LogP contribution is -2.19. The molecule has 3 nitrogen and oxygen atoms in total. The van der Waals surface area contributed by atoms with Gasteiger partial charge in [0.2, 0.25) is 0 Å². The van der Waals surface area contributed by atoms with Crippen molar-refractivity contribution in [2.75, 3.05) is 10.6 Å². The van der Waals surface area contributed by atoms with E-state index in [0.29, 0.717) is 16.4 Å². The number of urea groups is 1. The average Bonchev–Trinajstić information content (AvgIpc) is 2.32. The predicted octanol–water partition coefficient (Wildman–Crippen LogP) is 4.17. The quantitative estimate of drug-likeness (QED) is 0.835. The van der Waals surface area contributed by atoms with Gasteiger partial charge in [-0.1, -0.05) is 29.8 Å². The summed E-state index contributed by atoms with van der Waals surface area (Å²) in [5, 5.41) is 5.99. The zero-order chi connectivity index (χ0) is 13.0. The SMILES string of the molecule is [CH2]c1ccc(NC(=O)Nc2cccc(Cl)c2)cc1. The van der Waals surface area contributed by atoms with Crippen LogP contribution in [0, 0.1) is 6.92 Å². The standard InChI is InChI=1S/C14H12ClN2O/c1-10-5-7-12(8-6-10)16-14(18)17-13-4-2-3-11(15)9-13/h2-9H,1H2,(H2,16,17,18). The first-order valence-electron chi connectivity index (χ1n) is 5.39. The molecule has 0 saturated heterocycles. The number of hydrogen-bond donors (Lipinski definition) is 2. The van der Waals surface area contributed by atoms with Gasteiger partial charge in [0.15, 0.2) is 0 Å². The van der Waals surface area contributed by atoms with Gasteiger partial charge in [0, 0.05) is 16.4 Å². The number of anilines is 2. The molecule has 0 saturated carbocycles. The van der Waals surface area contributed by atoms with E-state index in [1.54, 1.807) is 36.4 Å². The molecule has 2 aromatic carbocycles. The molecule has 18 heavy (non-hydrogen) atoms. The number of carbonyl (C=O) groups excluding carboxylic acids is 1. The Balaban J connectivity index is 1.98. The van der Waals surface area contributed by atoms with Crippen LogP contribution in [-0.2, 0) is 0 Å². The van der Waals surface area contributed by atoms with Crippen LogP contribution in [0.1, 0.15) is 5.56 Å². The summed E-state index contributed by atoms with van der Waals surface area (Å²) in [6, 6.07) is 13.9. The van der Waals surface area contributed by atoms with E-state index < -0.39 is 0 Å². The van der Waals surface area contributed by atoms with Crippen molar-refractivity contribution in [1.82, 2.24) is 0 Å². The van der Waals surface area contributed by atoms with Crippen LogP contribution in [0.25, 0.3) is 0 Å². The topological polar surface area (TPSA) is 41.1 Å². The van der Waals surface area contributed by atoms with Crippen molar-refractivity contribution in [3.8, 4) is 0 Å². The van der Waals surface area contributed by atoms with Gasteiger partial charge in [-0.3, -0.25) is 0 Å². The van der Waals surface area contributed by atoms with Crippen LogP contribution in [0.5, 0.6) is 0 Å². The molecule has 0 unspecified atom stereocenters. The van der Waals surface area contributed by atoms with Crippen LogP contribution >= 0.6 is 11.6 Å². The predicted molar refractivity (Wildman–Crippen MR) is 75.0 cm³/mol. The molecule has 0 fully saturated rings. The summed E-state index contributed by atoms with van der Waals surface area (Å²) in [7, 11) is 0. The van der Waals surface area contributed by atoms with Crippen molar-refractivity contribution < 1.29 is 4.79 Å². The summed E-state index contributed by atoms with van der Waals surface area (Å²) in [6.45, 7) is 3.78. The molecule has 2 amide bonds. The second kappa shape index (κ2) is 5.56. The lowest BCUT2D eigenvalue weighted by Gasteiger charge is -2.08. The lowest BCUT2D eigenvalue weighted by atomic mass is 10.2. The molecule has 0 aliphatic heterocycles. The van der Waals surface area contributed by atoms with Gasteiger partial charge in [-0.15, -0.1) is 0 Å². The fourth-order valence-electron chi connectivity index (χ4n) is 1.45. The zero-order valence-electron chi connectivity index (χ0n) is 9.61. The second-order valence-electron chi connectivity index (χ2n) is 3.79. The molecule has 2 N–H and O–H groups in total. The van der Waals surface area contributed by atoms with E-state index in [4.69, 9.17) is 11.6 Å². The van der Waals surface area contributed by atoms with E-state index in [0.717, 1.165) is 5.56 Å². The van der Waals surface area contributed by atoms with E-state index in [1.165, 1.54) is 0 Å². The minimum absolute atomic E-state index is 0.311. The second-order valence-corrected chi connectivity index (χ2v) is 4.22. The maximum Gasteiger partial charge on any atom is 0.323 e. The highest BCUT2D eigenvalue weighted by atomic mass is 35.5. The Morgan fingerprint density at radius 1 is 1.00 bits per heavy atom. The summed E-state index contributed by atoms with van der Waals surface area (Å²) >= 11 is 5.83. The molecule has 0 atom stereocenters. The van der Waals surface area contributed by atoms with E-state index in [-0.39, 0.29) is 6.03 Å². The number of halogens is 1. The largest absolute Gasteiger partial charge is 0.323 e. The fraction of sp³-hybridized carbons (Fsp3) is 0. The maximum absolute atomic E-state index is 11.7. The number of benzene rings is 2. The minimum Gasteiger partial charge on any atom is -0.308 e. The zero-order valence-corrected chi connectivity index (χ0v) is 10.4.